The number of nitrogens with one attached hydrogen (secondary N) is 1. The van der Waals surface area contributed by atoms with Crippen LogP contribution in [0.1, 0.15) is 58.0 Å². The number of carbonyl (C=O) groups is 2. The van der Waals surface area contributed by atoms with Crippen molar-refractivity contribution in [1.82, 2.24) is 19.8 Å². The maximum Gasteiger partial charge on any atom is 0.289 e. The first-order valence-corrected chi connectivity index (χ1v) is 10.5. The molecule has 1 saturated heterocycles. The molecule has 2 aromatic rings. The van der Waals surface area contributed by atoms with Crippen LogP contribution in [0, 0.1) is 0 Å². The summed E-state index contributed by atoms with van der Waals surface area (Å²) < 4.78 is 7.14. The molecule has 4 rings (SSSR count). The highest BCUT2D eigenvalue weighted by Gasteiger charge is 2.30. The molecule has 3 heterocycles. The summed E-state index contributed by atoms with van der Waals surface area (Å²) in [4.78, 5) is 32.1. The lowest BCUT2D eigenvalue weighted by molar-refractivity contribution is 0.0774. The fraction of sp³-hybridized carbons (Fsp3) is 0.500. The van der Waals surface area contributed by atoms with Gasteiger partial charge in [-0.2, -0.15) is 0 Å². The van der Waals surface area contributed by atoms with Crippen LogP contribution in [0.4, 0.5) is 0 Å². The minimum absolute atomic E-state index is 0.0390. The number of fused-ring (bicyclic) bond motifs is 1. The zero-order valence-electron chi connectivity index (χ0n) is 16.9. The van der Waals surface area contributed by atoms with Gasteiger partial charge in [0.2, 0.25) is 0 Å². The van der Waals surface area contributed by atoms with Gasteiger partial charge in [0.25, 0.3) is 11.8 Å². The average molecular weight is 396 g/mol. The number of nitrogens with zero attached hydrogens (tertiary/aromatic N) is 3. The van der Waals surface area contributed by atoms with Gasteiger partial charge < -0.3 is 19.5 Å². The highest BCUT2D eigenvalue weighted by Crippen LogP contribution is 2.23. The number of imidazole rings is 1. The van der Waals surface area contributed by atoms with Gasteiger partial charge >= 0.3 is 0 Å². The van der Waals surface area contributed by atoms with Crippen molar-refractivity contribution in [3.63, 3.8) is 0 Å². The minimum Gasteiger partial charge on any atom is -0.497 e. The van der Waals surface area contributed by atoms with E-state index in [0.29, 0.717) is 18.1 Å². The molecule has 0 unspecified atom stereocenters. The second-order valence-electron chi connectivity index (χ2n) is 7.69. The van der Waals surface area contributed by atoms with Crippen molar-refractivity contribution in [1.29, 1.82) is 0 Å². The normalized spacial score (nSPS) is 15.8. The number of benzene rings is 1. The van der Waals surface area contributed by atoms with E-state index in [1.165, 1.54) is 0 Å². The Hall–Kier alpha value is -2.83. The Balaban J connectivity index is 1.45. The van der Waals surface area contributed by atoms with Gasteiger partial charge in [-0.3, -0.25) is 9.59 Å². The third-order valence-corrected chi connectivity index (χ3v) is 5.78. The van der Waals surface area contributed by atoms with Crippen molar-refractivity contribution >= 4 is 11.8 Å². The number of amides is 2. The van der Waals surface area contributed by atoms with Crippen LogP contribution in [0.2, 0.25) is 0 Å². The lowest BCUT2D eigenvalue weighted by Crippen LogP contribution is -2.31. The highest BCUT2D eigenvalue weighted by molar-refractivity contribution is 5.97. The number of methoxy groups -OCH3 is 1. The van der Waals surface area contributed by atoms with Crippen LogP contribution in [0.3, 0.4) is 0 Å². The van der Waals surface area contributed by atoms with Crippen molar-refractivity contribution in [2.75, 3.05) is 26.7 Å². The van der Waals surface area contributed by atoms with E-state index < -0.39 is 0 Å². The third kappa shape index (κ3) is 4.13. The summed E-state index contributed by atoms with van der Waals surface area (Å²) in [6.07, 6.45) is 5.64. The van der Waals surface area contributed by atoms with Crippen LogP contribution in [0.15, 0.2) is 24.3 Å². The van der Waals surface area contributed by atoms with Crippen LogP contribution < -0.4 is 10.1 Å². The monoisotopic (exact) mass is 396 g/mol. The van der Waals surface area contributed by atoms with E-state index in [1.54, 1.807) is 7.11 Å². The molecule has 1 aromatic heterocycles. The Kier molecular flexibility index (Phi) is 5.83. The van der Waals surface area contributed by atoms with Gasteiger partial charge in [-0.05, 0) is 56.2 Å². The number of rotatable bonds is 6. The van der Waals surface area contributed by atoms with Gasteiger partial charge in [0.05, 0.1) is 12.8 Å². The van der Waals surface area contributed by atoms with Crippen molar-refractivity contribution in [2.45, 2.75) is 45.1 Å². The molecule has 0 radical (unpaired) electrons. The predicted molar refractivity (Wildman–Crippen MR) is 109 cm³/mol. The zero-order chi connectivity index (χ0) is 20.2. The Bertz CT molecular complexity index is 882. The first kappa shape index (κ1) is 19.5. The maximum atomic E-state index is 12.9. The first-order chi connectivity index (χ1) is 14.2. The minimum atomic E-state index is -0.190. The molecule has 2 aliphatic rings. The van der Waals surface area contributed by atoms with Gasteiger partial charge in [0, 0.05) is 26.2 Å². The molecule has 1 aromatic carbocycles. The predicted octanol–water partition coefficient (Wildman–Crippen LogP) is 2.44. The lowest BCUT2D eigenvalue weighted by Gasteiger charge is -2.19. The summed E-state index contributed by atoms with van der Waals surface area (Å²) in [7, 11) is 1.64. The van der Waals surface area contributed by atoms with E-state index >= 15 is 0 Å². The van der Waals surface area contributed by atoms with Gasteiger partial charge in [0.15, 0.2) is 5.82 Å². The zero-order valence-corrected chi connectivity index (χ0v) is 16.9. The van der Waals surface area contributed by atoms with E-state index in [4.69, 9.17) is 4.74 Å². The molecule has 2 amide bonds. The third-order valence-electron chi connectivity index (χ3n) is 5.78. The molecule has 7 heteroatoms. The quantitative estimate of drug-likeness (QED) is 0.814. The van der Waals surface area contributed by atoms with E-state index in [2.05, 4.69) is 10.3 Å². The Morgan fingerprint density at radius 2 is 1.79 bits per heavy atom. The molecule has 1 fully saturated rings. The molecule has 154 valence electrons. The molecule has 0 saturated carbocycles. The van der Waals surface area contributed by atoms with Gasteiger partial charge in [-0.25, -0.2) is 4.98 Å². The molecular weight excluding hydrogens is 368 g/mol. The number of hydrogen-bond acceptors (Lipinski definition) is 4. The summed E-state index contributed by atoms with van der Waals surface area (Å²) in [5.74, 6) is 1.02. The molecule has 0 bridgehead atoms. The Morgan fingerprint density at radius 1 is 1.07 bits per heavy atom. The molecular formula is C22H28N4O3. The van der Waals surface area contributed by atoms with E-state index in [0.717, 1.165) is 75.2 Å². The molecule has 0 atom stereocenters. The Labute approximate surface area is 171 Å². The van der Waals surface area contributed by atoms with Crippen LogP contribution in [-0.2, 0) is 19.4 Å². The number of carbonyl (C=O) groups excluding carboxylic acids is 2. The van der Waals surface area contributed by atoms with Crippen LogP contribution >= 0.6 is 0 Å². The van der Waals surface area contributed by atoms with Crippen molar-refractivity contribution < 1.29 is 14.3 Å². The lowest BCUT2D eigenvalue weighted by atomic mass is 10.1. The summed E-state index contributed by atoms with van der Waals surface area (Å²) in [6, 6.07) is 7.82. The molecule has 2 aliphatic heterocycles. The summed E-state index contributed by atoms with van der Waals surface area (Å²) in [5, 5.41) is 2.98. The average Bonchev–Trinajstić information content (AvgIpc) is 3.42. The number of hydrogen-bond donors (Lipinski definition) is 1. The van der Waals surface area contributed by atoms with Gasteiger partial charge in [-0.15, -0.1) is 0 Å². The standard InChI is InChI=1S/C22H28N4O3/c1-29-17-9-7-16(8-10-17)11-12-23-21(27)19-18-6-2-3-15-26(18)20(24-19)22(28)25-13-4-5-14-25/h7-10H,2-6,11-15H2,1H3,(H,23,27). The molecule has 0 aliphatic carbocycles. The fourth-order valence-electron chi connectivity index (χ4n) is 4.15. The largest absolute Gasteiger partial charge is 0.497 e. The van der Waals surface area contributed by atoms with Crippen LogP contribution in [0.25, 0.3) is 0 Å². The topological polar surface area (TPSA) is 76.5 Å². The van der Waals surface area contributed by atoms with E-state index in [1.807, 2.05) is 33.7 Å². The van der Waals surface area contributed by atoms with E-state index in [-0.39, 0.29) is 11.8 Å². The Morgan fingerprint density at radius 3 is 2.52 bits per heavy atom. The van der Waals surface area contributed by atoms with Crippen molar-refractivity contribution in [2.24, 2.45) is 0 Å². The maximum absolute atomic E-state index is 12.9. The first-order valence-electron chi connectivity index (χ1n) is 10.5. The van der Waals surface area contributed by atoms with Crippen molar-refractivity contribution in [3.05, 3.63) is 47.0 Å². The second-order valence-corrected chi connectivity index (χ2v) is 7.69. The van der Waals surface area contributed by atoms with Crippen LogP contribution in [-0.4, -0.2) is 53.0 Å². The highest BCUT2D eigenvalue weighted by atomic mass is 16.5. The molecule has 0 spiro atoms. The van der Waals surface area contributed by atoms with Crippen LogP contribution in [0.5, 0.6) is 5.75 Å². The molecule has 29 heavy (non-hydrogen) atoms. The summed E-state index contributed by atoms with van der Waals surface area (Å²) in [6.45, 7) is 2.85. The number of likely N-dealkylation sites (tertiary alicyclic amines) is 1. The summed E-state index contributed by atoms with van der Waals surface area (Å²) in [5.41, 5.74) is 2.45. The SMILES string of the molecule is COc1ccc(CCNC(=O)c2nc(C(=O)N3CCCC3)n3c2CCCC3)cc1. The second kappa shape index (κ2) is 8.68. The van der Waals surface area contributed by atoms with Crippen molar-refractivity contribution in [3.8, 4) is 5.75 Å². The molecule has 1 N–H and O–H groups in total. The van der Waals surface area contributed by atoms with E-state index in [9.17, 15) is 9.59 Å². The fourth-order valence-corrected chi connectivity index (χ4v) is 4.15. The smallest absolute Gasteiger partial charge is 0.289 e. The van der Waals surface area contributed by atoms with Gasteiger partial charge in [0.1, 0.15) is 11.4 Å². The molecule has 7 nitrogen and oxygen atoms in total. The summed E-state index contributed by atoms with van der Waals surface area (Å²) >= 11 is 0. The number of aromatic nitrogens is 2. The number of ether oxygens (including phenoxy) is 1. The van der Waals surface area contributed by atoms with Gasteiger partial charge in [-0.1, -0.05) is 12.1 Å².